The SMILES string of the molecule is O=C(C[S@@](=O)Cc1ccc(Cl)s1)Nc1ccc(F)cc1F. The van der Waals surface area contributed by atoms with E-state index in [1.807, 2.05) is 0 Å². The molecular weight excluding hydrogens is 340 g/mol. The topological polar surface area (TPSA) is 46.2 Å². The molecule has 0 radical (unpaired) electrons. The molecule has 0 unspecified atom stereocenters. The number of amides is 1. The highest BCUT2D eigenvalue weighted by molar-refractivity contribution is 7.85. The van der Waals surface area contributed by atoms with Crippen molar-refractivity contribution in [1.82, 2.24) is 0 Å². The molecule has 8 heteroatoms. The number of rotatable bonds is 5. The van der Waals surface area contributed by atoms with E-state index in [0.29, 0.717) is 10.4 Å². The molecular formula is C13H10ClF2NO2S2. The third-order valence-corrected chi connectivity index (χ3v) is 5.06. The zero-order valence-corrected chi connectivity index (χ0v) is 13.0. The zero-order valence-electron chi connectivity index (χ0n) is 10.6. The first-order chi connectivity index (χ1) is 9.94. The molecule has 0 saturated carbocycles. The van der Waals surface area contributed by atoms with Gasteiger partial charge in [-0.2, -0.15) is 0 Å². The minimum Gasteiger partial charge on any atom is -0.323 e. The first-order valence-corrected chi connectivity index (χ1v) is 8.46. The van der Waals surface area contributed by atoms with Crippen molar-refractivity contribution in [3.63, 3.8) is 0 Å². The van der Waals surface area contributed by atoms with E-state index < -0.39 is 28.3 Å². The minimum absolute atomic E-state index is 0.141. The Bertz CT molecular complexity index is 691. The molecule has 2 rings (SSSR count). The van der Waals surface area contributed by atoms with Crippen molar-refractivity contribution in [3.05, 3.63) is 51.2 Å². The maximum atomic E-state index is 13.4. The van der Waals surface area contributed by atoms with Crippen LogP contribution in [0.1, 0.15) is 4.88 Å². The highest BCUT2D eigenvalue weighted by Gasteiger charge is 2.12. The zero-order chi connectivity index (χ0) is 15.4. The first-order valence-electron chi connectivity index (χ1n) is 5.78. The Hall–Kier alpha value is -1.31. The molecule has 0 fully saturated rings. The second-order valence-corrected chi connectivity index (χ2v) is 7.36. The largest absolute Gasteiger partial charge is 0.323 e. The van der Waals surface area contributed by atoms with Crippen molar-refractivity contribution in [2.75, 3.05) is 11.1 Å². The van der Waals surface area contributed by atoms with Gasteiger partial charge in [-0.1, -0.05) is 11.6 Å². The Balaban J connectivity index is 1.90. The van der Waals surface area contributed by atoms with Gasteiger partial charge in [-0.25, -0.2) is 8.78 Å². The second-order valence-electron chi connectivity index (χ2n) is 4.11. The smallest absolute Gasteiger partial charge is 0.237 e. The van der Waals surface area contributed by atoms with Gasteiger partial charge in [0, 0.05) is 21.7 Å². The fraction of sp³-hybridized carbons (Fsp3) is 0.154. The molecule has 3 nitrogen and oxygen atoms in total. The van der Waals surface area contributed by atoms with E-state index in [9.17, 15) is 17.8 Å². The summed E-state index contributed by atoms with van der Waals surface area (Å²) in [4.78, 5) is 12.5. The number of nitrogens with one attached hydrogen (secondary N) is 1. The predicted molar refractivity (Wildman–Crippen MR) is 81.0 cm³/mol. The molecule has 1 amide bonds. The molecule has 1 aromatic heterocycles. The van der Waals surface area contributed by atoms with Crippen molar-refractivity contribution in [3.8, 4) is 0 Å². The van der Waals surface area contributed by atoms with Crippen LogP contribution in [0.25, 0.3) is 0 Å². The fourth-order valence-electron chi connectivity index (χ4n) is 1.56. The van der Waals surface area contributed by atoms with Gasteiger partial charge in [0.05, 0.1) is 15.8 Å². The van der Waals surface area contributed by atoms with Crippen molar-refractivity contribution in [2.45, 2.75) is 5.75 Å². The molecule has 0 aliphatic heterocycles. The molecule has 21 heavy (non-hydrogen) atoms. The Morgan fingerprint density at radius 1 is 1.29 bits per heavy atom. The van der Waals surface area contributed by atoms with Gasteiger partial charge in [-0.15, -0.1) is 11.3 Å². The lowest BCUT2D eigenvalue weighted by Crippen LogP contribution is -2.20. The van der Waals surface area contributed by atoms with Gasteiger partial charge in [0.1, 0.15) is 17.4 Å². The van der Waals surface area contributed by atoms with Crippen molar-refractivity contribution < 1.29 is 17.8 Å². The second kappa shape index (κ2) is 7.11. The normalized spacial score (nSPS) is 12.1. The number of carbonyl (C=O) groups is 1. The van der Waals surface area contributed by atoms with E-state index in [1.54, 1.807) is 12.1 Å². The standard InChI is InChI=1S/C13H10ClF2NO2S2/c14-12-4-2-9(20-12)6-21(19)7-13(18)17-11-3-1-8(15)5-10(11)16/h1-5H,6-7H2,(H,17,18)/t21-/m0/s1. The fourth-order valence-corrected chi connectivity index (χ4v) is 3.96. The summed E-state index contributed by atoms with van der Waals surface area (Å²) >= 11 is 7.05. The van der Waals surface area contributed by atoms with Crippen LogP contribution in [0.2, 0.25) is 4.34 Å². The summed E-state index contributed by atoms with van der Waals surface area (Å²) in [6.45, 7) is 0. The lowest BCUT2D eigenvalue weighted by molar-refractivity contribution is -0.113. The van der Waals surface area contributed by atoms with Gasteiger partial charge in [0.15, 0.2) is 0 Å². The average molecular weight is 350 g/mol. The van der Waals surface area contributed by atoms with Crippen LogP contribution < -0.4 is 5.32 Å². The maximum Gasteiger partial charge on any atom is 0.237 e. The van der Waals surface area contributed by atoms with Crippen LogP contribution >= 0.6 is 22.9 Å². The molecule has 2 aromatic rings. The first kappa shape index (κ1) is 16.1. The molecule has 1 N–H and O–H groups in total. The Kier molecular flexibility index (Phi) is 5.44. The molecule has 1 aromatic carbocycles. The van der Waals surface area contributed by atoms with Crippen molar-refractivity contribution in [2.24, 2.45) is 0 Å². The molecule has 112 valence electrons. The number of hydrogen-bond acceptors (Lipinski definition) is 3. The molecule has 1 heterocycles. The maximum absolute atomic E-state index is 13.4. The highest BCUT2D eigenvalue weighted by Crippen LogP contribution is 2.22. The summed E-state index contributed by atoms with van der Waals surface area (Å²) in [5, 5.41) is 2.26. The number of anilines is 1. The van der Waals surface area contributed by atoms with E-state index in [4.69, 9.17) is 11.6 Å². The molecule has 0 spiro atoms. The Morgan fingerprint density at radius 3 is 2.67 bits per heavy atom. The van der Waals surface area contributed by atoms with Gasteiger partial charge in [0.2, 0.25) is 5.91 Å². The predicted octanol–water partition coefficient (Wildman–Crippen LogP) is 3.57. The van der Waals surface area contributed by atoms with E-state index >= 15 is 0 Å². The number of carbonyl (C=O) groups excluding carboxylic acids is 1. The van der Waals surface area contributed by atoms with Crippen LogP contribution in [0.5, 0.6) is 0 Å². The van der Waals surface area contributed by atoms with Crippen molar-refractivity contribution >= 4 is 45.3 Å². The van der Waals surface area contributed by atoms with Gasteiger partial charge in [0.25, 0.3) is 0 Å². The summed E-state index contributed by atoms with van der Waals surface area (Å²) < 4.78 is 38.5. The van der Waals surface area contributed by atoms with Gasteiger partial charge < -0.3 is 5.32 Å². The third kappa shape index (κ3) is 4.87. The number of halogens is 3. The lowest BCUT2D eigenvalue weighted by Gasteiger charge is -2.06. The molecule has 0 saturated heterocycles. The van der Waals surface area contributed by atoms with Crippen LogP contribution in [0, 0.1) is 11.6 Å². The molecule has 1 atom stereocenters. The van der Waals surface area contributed by atoms with Crippen LogP contribution in [0.4, 0.5) is 14.5 Å². The number of hydrogen-bond donors (Lipinski definition) is 1. The molecule has 0 aliphatic rings. The van der Waals surface area contributed by atoms with Crippen molar-refractivity contribution in [1.29, 1.82) is 0 Å². The quantitative estimate of drug-likeness (QED) is 0.897. The summed E-state index contributed by atoms with van der Waals surface area (Å²) in [6, 6.07) is 6.24. The van der Waals surface area contributed by atoms with Crippen LogP contribution in [0.15, 0.2) is 30.3 Å². The van der Waals surface area contributed by atoms with Gasteiger partial charge in [-0.05, 0) is 24.3 Å². The average Bonchev–Trinajstić information content (AvgIpc) is 2.78. The highest BCUT2D eigenvalue weighted by atomic mass is 35.5. The monoisotopic (exact) mass is 349 g/mol. The van der Waals surface area contributed by atoms with Gasteiger partial charge in [-0.3, -0.25) is 9.00 Å². The summed E-state index contributed by atoms with van der Waals surface area (Å²) in [6.07, 6.45) is 0. The Labute approximate surface area is 131 Å². The van der Waals surface area contributed by atoms with Crippen LogP contribution in [-0.4, -0.2) is 15.9 Å². The third-order valence-electron chi connectivity index (χ3n) is 2.43. The lowest BCUT2D eigenvalue weighted by atomic mass is 10.3. The van der Waals surface area contributed by atoms with E-state index in [2.05, 4.69) is 5.32 Å². The van der Waals surface area contributed by atoms with Gasteiger partial charge >= 0.3 is 0 Å². The summed E-state index contributed by atoms with van der Waals surface area (Å²) in [5.74, 6) is -2.27. The van der Waals surface area contributed by atoms with Crippen LogP contribution in [-0.2, 0) is 21.3 Å². The summed E-state index contributed by atoms with van der Waals surface area (Å²) in [7, 11) is -1.43. The van der Waals surface area contributed by atoms with Crippen LogP contribution in [0.3, 0.4) is 0 Å². The van der Waals surface area contributed by atoms with E-state index in [1.165, 1.54) is 11.3 Å². The minimum atomic E-state index is -1.43. The van der Waals surface area contributed by atoms with E-state index in [0.717, 1.165) is 17.0 Å². The Morgan fingerprint density at radius 2 is 2.05 bits per heavy atom. The summed E-state index contributed by atoms with van der Waals surface area (Å²) in [5.41, 5.74) is -0.141. The molecule has 0 aliphatic carbocycles. The number of thiophene rings is 1. The molecule has 0 bridgehead atoms. The number of benzene rings is 1. The van der Waals surface area contributed by atoms with E-state index in [-0.39, 0.29) is 17.2 Å².